The number of ether oxygens (including phenoxy) is 1. The molecule has 1 saturated heterocycles. The minimum Gasteiger partial charge on any atom is -0.444 e. The second-order valence-electron chi connectivity index (χ2n) is 12.9. The summed E-state index contributed by atoms with van der Waals surface area (Å²) < 4.78 is 29.4. The van der Waals surface area contributed by atoms with Crippen molar-refractivity contribution in [1.82, 2.24) is 14.9 Å². The summed E-state index contributed by atoms with van der Waals surface area (Å²) >= 11 is 0. The molecule has 0 bridgehead atoms. The third-order valence-corrected chi connectivity index (χ3v) is 7.48. The Morgan fingerprint density at radius 2 is 1.79 bits per heavy atom. The summed E-state index contributed by atoms with van der Waals surface area (Å²) in [6.45, 7) is 16.7. The number of likely N-dealkylation sites (tertiary alicyclic amines) is 1. The molecule has 1 fully saturated rings. The number of amides is 1. The van der Waals surface area contributed by atoms with E-state index in [-0.39, 0.29) is 34.0 Å². The Bertz CT molecular complexity index is 1250. The molecule has 38 heavy (non-hydrogen) atoms. The Labute approximate surface area is 227 Å². The van der Waals surface area contributed by atoms with E-state index in [9.17, 15) is 13.2 Å². The largest absolute Gasteiger partial charge is 0.444 e. The van der Waals surface area contributed by atoms with Gasteiger partial charge >= 0.3 is 6.09 Å². The summed E-state index contributed by atoms with van der Waals surface area (Å²) in [6, 6.07) is 10.5. The van der Waals surface area contributed by atoms with E-state index in [0.29, 0.717) is 18.8 Å². The molecule has 9 nitrogen and oxygen atoms in total. The summed E-state index contributed by atoms with van der Waals surface area (Å²) in [7, 11) is -3.93. The molecular formula is C28H43N5O4S. The standard InChI is InChI=1S/C28H43N5O4S/c1-26(2,3)22-12-9-11-20(30-22)21(31-23-13-10-14-24(32-23)38(29,35)36)16-15-19-17-28(7,8)33(18-19)25(34)37-27(4,5)6/h9-14,19,21H,15-18H2,1-8H3,(H,31,32)(H2,29,35,36)/t19-,21?/m0/s1. The first-order chi connectivity index (χ1) is 17.3. The number of nitrogens with zero attached hydrogens (tertiary/aromatic N) is 3. The minimum absolute atomic E-state index is 0.129. The predicted molar refractivity (Wildman–Crippen MR) is 149 cm³/mol. The zero-order chi connectivity index (χ0) is 28.5. The first-order valence-corrected chi connectivity index (χ1v) is 14.6. The zero-order valence-electron chi connectivity index (χ0n) is 23.9. The summed E-state index contributed by atoms with van der Waals surface area (Å²) in [6.07, 6.45) is 2.11. The van der Waals surface area contributed by atoms with E-state index in [0.717, 1.165) is 24.2 Å². The average Bonchev–Trinajstić information content (AvgIpc) is 3.09. The smallest absolute Gasteiger partial charge is 0.410 e. The van der Waals surface area contributed by atoms with Gasteiger partial charge in [0.15, 0.2) is 5.03 Å². The van der Waals surface area contributed by atoms with Crippen LogP contribution in [0.25, 0.3) is 0 Å². The molecule has 2 aromatic rings. The number of carbonyl (C=O) groups excluding carboxylic acids is 1. The molecule has 0 radical (unpaired) electrons. The van der Waals surface area contributed by atoms with Crippen LogP contribution in [0, 0.1) is 5.92 Å². The van der Waals surface area contributed by atoms with Crippen molar-refractivity contribution in [1.29, 1.82) is 0 Å². The van der Waals surface area contributed by atoms with Crippen LogP contribution in [-0.4, -0.2) is 47.1 Å². The van der Waals surface area contributed by atoms with E-state index in [4.69, 9.17) is 14.9 Å². The number of nitrogens with one attached hydrogen (secondary N) is 1. The maximum atomic E-state index is 12.9. The molecule has 3 rings (SSSR count). The van der Waals surface area contributed by atoms with E-state index in [1.165, 1.54) is 6.07 Å². The van der Waals surface area contributed by atoms with Gasteiger partial charge in [-0.05, 0) is 84.1 Å². The fraction of sp³-hybridized carbons (Fsp3) is 0.607. The lowest BCUT2D eigenvalue weighted by Gasteiger charge is -2.33. The van der Waals surface area contributed by atoms with Crippen LogP contribution < -0.4 is 10.5 Å². The van der Waals surface area contributed by atoms with Gasteiger partial charge in [-0.3, -0.25) is 4.98 Å². The number of sulfonamides is 1. The second kappa shape index (κ2) is 10.8. The van der Waals surface area contributed by atoms with E-state index in [2.05, 4.69) is 44.9 Å². The average molecular weight is 546 g/mol. The highest BCUT2D eigenvalue weighted by Gasteiger charge is 2.43. The Balaban J connectivity index is 1.84. The lowest BCUT2D eigenvalue weighted by Crippen LogP contribution is -2.45. The van der Waals surface area contributed by atoms with Crippen molar-refractivity contribution >= 4 is 21.9 Å². The zero-order valence-corrected chi connectivity index (χ0v) is 24.7. The number of anilines is 1. The molecule has 210 valence electrons. The molecule has 3 N–H and O–H groups in total. The number of hydrogen-bond acceptors (Lipinski definition) is 7. The highest BCUT2D eigenvalue weighted by Crippen LogP contribution is 2.38. The fourth-order valence-electron chi connectivity index (χ4n) is 4.81. The molecule has 0 aromatic carbocycles. The van der Waals surface area contributed by atoms with Gasteiger partial charge in [-0.1, -0.05) is 32.9 Å². The molecule has 1 unspecified atom stereocenters. The van der Waals surface area contributed by atoms with E-state index in [1.807, 2.05) is 43.9 Å². The van der Waals surface area contributed by atoms with Gasteiger partial charge in [0, 0.05) is 23.2 Å². The maximum absolute atomic E-state index is 12.9. The molecule has 1 aliphatic heterocycles. The quantitative estimate of drug-likeness (QED) is 0.477. The van der Waals surface area contributed by atoms with Crippen molar-refractivity contribution < 1.29 is 17.9 Å². The fourth-order valence-corrected chi connectivity index (χ4v) is 5.30. The Morgan fingerprint density at radius 3 is 2.39 bits per heavy atom. The molecule has 2 atom stereocenters. The third kappa shape index (κ3) is 7.89. The molecular weight excluding hydrogens is 502 g/mol. The van der Waals surface area contributed by atoms with Gasteiger partial charge in [0.25, 0.3) is 10.0 Å². The predicted octanol–water partition coefficient (Wildman–Crippen LogP) is 5.39. The molecule has 0 spiro atoms. The lowest BCUT2D eigenvalue weighted by molar-refractivity contribution is 0.0130. The van der Waals surface area contributed by atoms with Crippen LogP contribution in [0.15, 0.2) is 41.4 Å². The Hall–Kier alpha value is -2.72. The van der Waals surface area contributed by atoms with Gasteiger partial charge in [-0.15, -0.1) is 0 Å². The number of nitrogens with two attached hydrogens (primary N) is 1. The molecule has 1 aliphatic rings. The van der Waals surface area contributed by atoms with Gasteiger partial charge in [-0.2, -0.15) is 0 Å². The van der Waals surface area contributed by atoms with Crippen LogP contribution in [0.1, 0.15) is 92.1 Å². The van der Waals surface area contributed by atoms with Gasteiger partial charge < -0.3 is 15.0 Å². The first-order valence-electron chi connectivity index (χ1n) is 13.1. The van der Waals surface area contributed by atoms with Crippen LogP contribution in [-0.2, 0) is 20.2 Å². The molecule has 0 saturated carbocycles. The summed E-state index contributed by atoms with van der Waals surface area (Å²) in [4.78, 5) is 23.9. The minimum atomic E-state index is -3.93. The van der Waals surface area contributed by atoms with Crippen LogP contribution in [0.4, 0.5) is 10.6 Å². The molecule has 2 aromatic heterocycles. The number of aromatic nitrogens is 2. The molecule has 1 amide bonds. The molecule has 10 heteroatoms. The maximum Gasteiger partial charge on any atom is 0.410 e. The summed E-state index contributed by atoms with van der Waals surface area (Å²) in [5.41, 5.74) is 0.817. The van der Waals surface area contributed by atoms with Crippen molar-refractivity contribution in [2.45, 2.75) is 102 Å². The highest BCUT2D eigenvalue weighted by atomic mass is 32.2. The van der Waals surface area contributed by atoms with Gasteiger partial charge in [0.05, 0.1) is 11.7 Å². The van der Waals surface area contributed by atoms with E-state index in [1.54, 1.807) is 12.1 Å². The normalized spacial score (nSPS) is 18.8. The number of primary sulfonamides is 1. The summed E-state index contributed by atoms with van der Waals surface area (Å²) in [5, 5.41) is 8.51. The van der Waals surface area contributed by atoms with Gasteiger partial charge in [-0.25, -0.2) is 23.3 Å². The molecule has 3 heterocycles. The number of hydrogen-bond donors (Lipinski definition) is 2. The van der Waals surface area contributed by atoms with Crippen molar-refractivity contribution in [2.24, 2.45) is 11.1 Å². The van der Waals surface area contributed by atoms with Gasteiger partial charge in [0.2, 0.25) is 0 Å². The topological polar surface area (TPSA) is 128 Å². The van der Waals surface area contributed by atoms with E-state index < -0.39 is 15.6 Å². The number of carbonyl (C=O) groups is 1. The molecule has 0 aliphatic carbocycles. The number of rotatable bonds is 7. The number of pyridine rings is 2. The van der Waals surface area contributed by atoms with Crippen LogP contribution in [0.2, 0.25) is 0 Å². The first kappa shape index (κ1) is 29.8. The van der Waals surface area contributed by atoms with Crippen molar-refractivity contribution in [3.63, 3.8) is 0 Å². The van der Waals surface area contributed by atoms with Crippen LogP contribution in [0.3, 0.4) is 0 Å². The van der Waals surface area contributed by atoms with Crippen LogP contribution >= 0.6 is 0 Å². The monoisotopic (exact) mass is 545 g/mol. The van der Waals surface area contributed by atoms with Crippen molar-refractivity contribution in [3.05, 3.63) is 47.8 Å². The third-order valence-electron chi connectivity index (χ3n) is 6.67. The lowest BCUT2D eigenvalue weighted by atomic mass is 9.90. The van der Waals surface area contributed by atoms with Crippen LogP contribution in [0.5, 0.6) is 0 Å². The van der Waals surface area contributed by atoms with Gasteiger partial charge in [0.1, 0.15) is 11.4 Å². The van der Waals surface area contributed by atoms with Crippen molar-refractivity contribution in [3.8, 4) is 0 Å². The second-order valence-corrected chi connectivity index (χ2v) is 14.4. The highest BCUT2D eigenvalue weighted by molar-refractivity contribution is 7.89. The summed E-state index contributed by atoms with van der Waals surface area (Å²) in [5.74, 6) is 0.683. The van der Waals surface area contributed by atoms with Crippen molar-refractivity contribution in [2.75, 3.05) is 11.9 Å². The van der Waals surface area contributed by atoms with E-state index >= 15 is 0 Å². The SMILES string of the molecule is CC(C)(C)OC(=O)N1C[C@@H](CCC(Nc2cccc(S(N)(=O)=O)n2)c2cccc(C(C)(C)C)n2)CC1(C)C. The Kier molecular flexibility index (Phi) is 8.48. The Morgan fingerprint density at radius 1 is 1.13 bits per heavy atom.